The number of thiophene rings is 1. The van der Waals surface area contributed by atoms with Gasteiger partial charge in [-0.25, -0.2) is 0 Å². The Morgan fingerprint density at radius 2 is 1.32 bits per heavy atom. The van der Waals surface area contributed by atoms with E-state index in [1.54, 1.807) is 18.3 Å². The molecule has 1 aliphatic rings. The Bertz CT molecular complexity index is 1590. The second-order valence-electron chi connectivity index (χ2n) is 9.46. The maximum Gasteiger partial charge on any atom is 0.149 e. The van der Waals surface area contributed by atoms with Crippen LogP contribution in [0.2, 0.25) is 0 Å². The zero-order valence-corrected chi connectivity index (χ0v) is 24.0. The van der Waals surface area contributed by atoms with Crippen molar-refractivity contribution in [2.45, 2.75) is 33.1 Å². The highest BCUT2D eigenvalue weighted by atomic mass is 32.1. The first-order valence-corrected chi connectivity index (χ1v) is 14.4. The average molecular weight is 562 g/mol. The van der Waals surface area contributed by atoms with Crippen molar-refractivity contribution in [3.63, 3.8) is 0 Å². The zero-order chi connectivity index (χ0) is 28.3. The molecule has 0 bridgehead atoms. The number of anilines is 1. The van der Waals surface area contributed by atoms with Crippen molar-refractivity contribution in [3.05, 3.63) is 84.4 Å². The van der Waals surface area contributed by atoms with Crippen LogP contribution in [0, 0.1) is 18.8 Å². The summed E-state index contributed by atoms with van der Waals surface area (Å²) < 4.78 is 5.52. The smallest absolute Gasteiger partial charge is 0.149 e. The van der Waals surface area contributed by atoms with Crippen LogP contribution in [0.3, 0.4) is 0 Å². The number of azo groups is 3. The van der Waals surface area contributed by atoms with E-state index in [9.17, 15) is 0 Å². The zero-order valence-electron chi connectivity index (χ0n) is 23.2. The fourth-order valence-electron chi connectivity index (χ4n) is 4.19. The molecule has 2 heterocycles. The van der Waals surface area contributed by atoms with E-state index in [1.165, 1.54) is 24.3 Å². The Morgan fingerprint density at radius 1 is 0.707 bits per heavy atom. The standard InChI is InChI=1S/C32H31N7OS/c1-3-4-22-40-29-15-12-27(13-16-29)34-33-25-8-10-26(11-9-25)35-37-30-17-14-28(23-24(30)2)36-38-31-18-19-32(41-31)39-20-6-5-7-21-39/h8-19,23H,5-7,20-22H2,1-2H3. The van der Waals surface area contributed by atoms with Gasteiger partial charge in [0.1, 0.15) is 17.4 Å². The molecule has 3 aromatic carbocycles. The lowest BCUT2D eigenvalue weighted by Crippen LogP contribution is -2.28. The number of rotatable bonds is 9. The number of nitrogens with zero attached hydrogens (tertiary/aromatic N) is 7. The lowest BCUT2D eigenvalue weighted by atomic mass is 10.1. The topological polar surface area (TPSA) is 86.6 Å². The Kier molecular flexibility index (Phi) is 9.58. The highest BCUT2D eigenvalue weighted by molar-refractivity contribution is 7.19. The highest BCUT2D eigenvalue weighted by Crippen LogP contribution is 2.35. The Hall–Kier alpha value is -4.68. The average Bonchev–Trinajstić information content (AvgIpc) is 3.49. The van der Waals surface area contributed by atoms with Gasteiger partial charge in [0.05, 0.1) is 33.4 Å². The van der Waals surface area contributed by atoms with E-state index in [2.05, 4.69) is 53.5 Å². The minimum absolute atomic E-state index is 0.369. The van der Waals surface area contributed by atoms with E-state index in [0.29, 0.717) is 6.61 Å². The van der Waals surface area contributed by atoms with Gasteiger partial charge in [-0.3, -0.25) is 0 Å². The van der Waals surface area contributed by atoms with Crippen molar-refractivity contribution in [3.8, 4) is 17.6 Å². The molecule has 5 rings (SSSR count). The maximum atomic E-state index is 5.52. The lowest BCUT2D eigenvalue weighted by molar-refractivity contribution is 0.370. The summed E-state index contributed by atoms with van der Waals surface area (Å²) in [4.78, 5) is 2.44. The normalized spacial score (nSPS) is 13.7. The molecule has 0 aliphatic carbocycles. The van der Waals surface area contributed by atoms with Crippen molar-refractivity contribution in [1.29, 1.82) is 0 Å². The molecule has 41 heavy (non-hydrogen) atoms. The molecule has 1 fully saturated rings. The van der Waals surface area contributed by atoms with Crippen molar-refractivity contribution in [1.82, 2.24) is 0 Å². The number of hydrogen-bond donors (Lipinski definition) is 0. The molecule has 8 nitrogen and oxygen atoms in total. The molecule has 0 unspecified atom stereocenters. The van der Waals surface area contributed by atoms with Gasteiger partial charge in [-0.05, 0) is 118 Å². The summed E-state index contributed by atoms with van der Waals surface area (Å²) in [5, 5.41) is 28.5. The quantitative estimate of drug-likeness (QED) is 0.150. The van der Waals surface area contributed by atoms with Gasteiger partial charge in [0.15, 0.2) is 0 Å². The van der Waals surface area contributed by atoms with Gasteiger partial charge < -0.3 is 9.64 Å². The van der Waals surface area contributed by atoms with Gasteiger partial charge in [0, 0.05) is 13.1 Å². The molecule has 0 radical (unpaired) electrons. The molecule has 0 spiro atoms. The number of benzene rings is 3. The van der Waals surface area contributed by atoms with Gasteiger partial charge in [0.2, 0.25) is 0 Å². The van der Waals surface area contributed by atoms with Gasteiger partial charge in [-0.1, -0.05) is 17.3 Å². The Labute approximate surface area is 244 Å². The third-order valence-electron chi connectivity index (χ3n) is 6.42. The van der Waals surface area contributed by atoms with Crippen LogP contribution in [0.5, 0.6) is 5.75 Å². The van der Waals surface area contributed by atoms with Crippen molar-refractivity contribution >= 4 is 49.8 Å². The predicted molar refractivity (Wildman–Crippen MR) is 166 cm³/mol. The molecule has 0 saturated carbocycles. The fraction of sp³-hybridized carbons (Fsp3) is 0.250. The SMILES string of the molecule is CC#CCOc1ccc(N=Nc2ccc(N=Nc3ccc(N=Nc4ccc(N5CCCCC5)s4)cc3C)cc2)cc1. The first-order valence-electron chi connectivity index (χ1n) is 13.6. The third kappa shape index (κ3) is 8.16. The van der Waals surface area contributed by atoms with Gasteiger partial charge in [0.25, 0.3) is 0 Å². The van der Waals surface area contributed by atoms with Crippen LogP contribution in [-0.2, 0) is 0 Å². The summed E-state index contributed by atoms with van der Waals surface area (Å²) in [5.74, 6) is 6.41. The van der Waals surface area contributed by atoms with E-state index >= 15 is 0 Å². The summed E-state index contributed by atoms with van der Waals surface area (Å²) in [6.07, 6.45) is 3.85. The second-order valence-corrected chi connectivity index (χ2v) is 10.5. The predicted octanol–water partition coefficient (Wildman–Crippen LogP) is 10.7. The minimum atomic E-state index is 0.369. The lowest BCUT2D eigenvalue weighted by Gasteiger charge is -2.26. The van der Waals surface area contributed by atoms with E-state index in [4.69, 9.17) is 4.74 Å². The first-order chi connectivity index (χ1) is 20.2. The second kappa shape index (κ2) is 14.1. The van der Waals surface area contributed by atoms with E-state index < -0.39 is 0 Å². The monoisotopic (exact) mass is 561 g/mol. The Morgan fingerprint density at radius 3 is 1.98 bits per heavy atom. The molecule has 1 aromatic heterocycles. The van der Waals surface area contributed by atoms with Crippen LogP contribution in [0.15, 0.2) is 110 Å². The summed E-state index contributed by atoms with van der Waals surface area (Å²) in [6, 6.07) is 24.8. The molecule has 206 valence electrons. The summed E-state index contributed by atoms with van der Waals surface area (Å²) in [7, 11) is 0. The summed E-state index contributed by atoms with van der Waals surface area (Å²) in [6.45, 7) is 6.41. The highest BCUT2D eigenvalue weighted by Gasteiger charge is 2.12. The number of hydrogen-bond acceptors (Lipinski definition) is 9. The Balaban J connectivity index is 1.15. The first kappa shape index (κ1) is 27.9. The molecule has 4 aromatic rings. The summed E-state index contributed by atoms with van der Waals surface area (Å²) >= 11 is 1.69. The van der Waals surface area contributed by atoms with Crippen LogP contribution in [0.4, 0.5) is 38.4 Å². The van der Waals surface area contributed by atoms with Crippen LogP contribution >= 0.6 is 11.3 Å². The number of aryl methyl sites for hydroxylation is 1. The van der Waals surface area contributed by atoms with E-state index in [0.717, 1.165) is 57.8 Å². The van der Waals surface area contributed by atoms with Crippen LogP contribution in [0.25, 0.3) is 0 Å². The molecular weight excluding hydrogens is 530 g/mol. The van der Waals surface area contributed by atoms with Crippen molar-refractivity contribution in [2.24, 2.45) is 30.7 Å². The molecular formula is C32H31N7OS. The molecule has 0 atom stereocenters. The summed E-state index contributed by atoms with van der Waals surface area (Å²) in [5.41, 5.74) is 4.74. The number of ether oxygens (including phenoxy) is 1. The van der Waals surface area contributed by atoms with Crippen LogP contribution in [-0.4, -0.2) is 19.7 Å². The van der Waals surface area contributed by atoms with Gasteiger partial charge in [-0.15, -0.1) is 16.1 Å². The molecule has 1 saturated heterocycles. The largest absolute Gasteiger partial charge is 0.481 e. The van der Waals surface area contributed by atoms with Gasteiger partial charge >= 0.3 is 0 Å². The van der Waals surface area contributed by atoms with Crippen molar-refractivity contribution < 1.29 is 4.74 Å². The number of piperidine rings is 1. The van der Waals surface area contributed by atoms with Crippen molar-refractivity contribution in [2.75, 3.05) is 24.6 Å². The van der Waals surface area contributed by atoms with Crippen LogP contribution < -0.4 is 9.64 Å². The molecule has 0 amide bonds. The fourth-order valence-corrected chi connectivity index (χ4v) is 5.07. The minimum Gasteiger partial charge on any atom is -0.481 e. The van der Waals surface area contributed by atoms with Gasteiger partial charge in [-0.2, -0.15) is 20.5 Å². The maximum absolute atomic E-state index is 5.52. The third-order valence-corrected chi connectivity index (χ3v) is 7.45. The van der Waals surface area contributed by atoms with Crippen LogP contribution in [0.1, 0.15) is 31.7 Å². The van der Waals surface area contributed by atoms with E-state index in [-0.39, 0.29) is 0 Å². The molecule has 0 N–H and O–H groups in total. The molecule has 9 heteroatoms. The molecule has 1 aliphatic heterocycles. The van der Waals surface area contributed by atoms with E-state index in [1.807, 2.05) is 79.7 Å².